The van der Waals surface area contributed by atoms with Crippen LogP contribution in [0.5, 0.6) is 0 Å². The van der Waals surface area contributed by atoms with Crippen molar-refractivity contribution in [3.05, 3.63) is 33.9 Å². The highest BCUT2D eigenvalue weighted by Gasteiger charge is 2.17. The molecule has 0 bridgehead atoms. The van der Waals surface area contributed by atoms with E-state index in [1.165, 1.54) is 11.3 Å². The van der Waals surface area contributed by atoms with Crippen molar-refractivity contribution in [1.29, 1.82) is 0 Å². The van der Waals surface area contributed by atoms with Gasteiger partial charge in [0.2, 0.25) is 0 Å². The minimum atomic E-state index is -0.141. The summed E-state index contributed by atoms with van der Waals surface area (Å²) in [6, 6.07) is 3.39. The monoisotopic (exact) mass is 362 g/mol. The molecule has 0 aromatic carbocycles. The molecule has 2 aromatic rings. The van der Waals surface area contributed by atoms with Crippen molar-refractivity contribution in [2.45, 2.75) is 27.2 Å². The van der Waals surface area contributed by atoms with Gasteiger partial charge in [-0.3, -0.25) is 4.79 Å². The van der Waals surface area contributed by atoms with Gasteiger partial charge in [-0.2, -0.15) is 0 Å². The van der Waals surface area contributed by atoms with Crippen molar-refractivity contribution in [2.24, 2.45) is 5.92 Å². The third-order valence-corrected chi connectivity index (χ3v) is 3.67. The maximum absolute atomic E-state index is 12.3. The molecule has 0 aliphatic heterocycles. The first-order valence-electron chi connectivity index (χ1n) is 6.45. The standard InChI is InChI=1S/C14H18N4OS.2ClH/c1-8(2)6-11-13(20-9(3)17-11)14(19)18-10-4-5-12(15)16-7-10;;/h4-5,7-8H,6H2,1-3H3,(H2,15,16)(H,18,19);2*1H. The first kappa shape index (κ1) is 20.6. The average molecular weight is 363 g/mol. The Hall–Kier alpha value is -1.37. The zero-order valence-electron chi connectivity index (χ0n) is 12.6. The van der Waals surface area contributed by atoms with Crippen LogP contribution in [0.25, 0.3) is 0 Å². The Morgan fingerprint density at radius 1 is 1.36 bits per heavy atom. The lowest BCUT2D eigenvalue weighted by Crippen LogP contribution is -2.13. The molecule has 2 aromatic heterocycles. The van der Waals surface area contributed by atoms with E-state index in [0.717, 1.165) is 17.1 Å². The van der Waals surface area contributed by atoms with Crippen molar-refractivity contribution in [3.63, 3.8) is 0 Å². The number of hydrogen-bond donors (Lipinski definition) is 2. The predicted molar refractivity (Wildman–Crippen MR) is 96.5 cm³/mol. The zero-order chi connectivity index (χ0) is 14.7. The lowest BCUT2D eigenvalue weighted by Gasteiger charge is -2.06. The van der Waals surface area contributed by atoms with Gasteiger partial charge < -0.3 is 11.1 Å². The zero-order valence-corrected chi connectivity index (χ0v) is 15.1. The van der Waals surface area contributed by atoms with Crippen molar-refractivity contribution < 1.29 is 4.79 Å². The molecule has 8 heteroatoms. The lowest BCUT2D eigenvalue weighted by atomic mass is 10.1. The smallest absolute Gasteiger partial charge is 0.267 e. The molecule has 0 saturated carbocycles. The Kier molecular flexibility index (Phi) is 8.37. The number of anilines is 2. The number of aromatic nitrogens is 2. The molecular weight excluding hydrogens is 343 g/mol. The number of pyridine rings is 1. The minimum absolute atomic E-state index is 0. The Bertz CT molecular complexity index is 614. The highest BCUT2D eigenvalue weighted by Crippen LogP contribution is 2.22. The molecule has 0 aliphatic rings. The highest BCUT2D eigenvalue weighted by atomic mass is 35.5. The molecule has 0 radical (unpaired) electrons. The topological polar surface area (TPSA) is 80.9 Å². The molecule has 3 N–H and O–H groups in total. The summed E-state index contributed by atoms with van der Waals surface area (Å²) in [5.41, 5.74) is 7.01. The van der Waals surface area contributed by atoms with Crippen LogP contribution >= 0.6 is 36.2 Å². The fourth-order valence-electron chi connectivity index (χ4n) is 1.84. The fourth-order valence-corrected chi connectivity index (χ4v) is 2.68. The highest BCUT2D eigenvalue weighted by molar-refractivity contribution is 7.13. The molecule has 0 aliphatic carbocycles. The summed E-state index contributed by atoms with van der Waals surface area (Å²) in [6.45, 7) is 6.14. The normalized spacial score (nSPS) is 9.82. The quantitative estimate of drug-likeness (QED) is 0.867. The molecule has 0 fully saturated rings. The number of nitrogens with one attached hydrogen (secondary N) is 1. The van der Waals surface area contributed by atoms with Crippen LogP contribution in [-0.4, -0.2) is 15.9 Å². The van der Waals surface area contributed by atoms with Crippen LogP contribution in [-0.2, 0) is 6.42 Å². The van der Waals surface area contributed by atoms with Gasteiger partial charge in [-0.25, -0.2) is 9.97 Å². The summed E-state index contributed by atoms with van der Waals surface area (Å²) in [5.74, 6) is 0.746. The van der Waals surface area contributed by atoms with E-state index in [9.17, 15) is 4.79 Å². The Balaban J connectivity index is 0.00000220. The number of thiazole rings is 1. The second kappa shape index (κ2) is 8.92. The number of carbonyl (C=O) groups is 1. The molecule has 0 spiro atoms. The second-order valence-electron chi connectivity index (χ2n) is 5.03. The number of aryl methyl sites for hydroxylation is 1. The molecule has 2 rings (SSSR count). The van der Waals surface area contributed by atoms with E-state index in [-0.39, 0.29) is 30.7 Å². The first-order chi connectivity index (χ1) is 9.45. The predicted octanol–water partition coefficient (Wildman–Crippen LogP) is 3.72. The van der Waals surface area contributed by atoms with Crippen molar-refractivity contribution in [3.8, 4) is 0 Å². The van der Waals surface area contributed by atoms with Crippen LogP contribution < -0.4 is 11.1 Å². The molecular formula is C14H20Cl2N4OS. The Labute approximate surface area is 146 Å². The van der Waals surface area contributed by atoms with Gasteiger partial charge in [0.15, 0.2) is 0 Å². The molecule has 5 nitrogen and oxygen atoms in total. The van der Waals surface area contributed by atoms with Crippen LogP contribution in [0.2, 0.25) is 0 Å². The maximum atomic E-state index is 12.3. The maximum Gasteiger partial charge on any atom is 0.267 e. The number of rotatable bonds is 4. The molecule has 122 valence electrons. The minimum Gasteiger partial charge on any atom is -0.384 e. The SMILES string of the molecule is Cc1nc(CC(C)C)c(C(=O)Nc2ccc(N)nc2)s1.Cl.Cl. The number of nitrogens with two attached hydrogens (primary N) is 1. The molecule has 0 atom stereocenters. The third-order valence-electron chi connectivity index (χ3n) is 2.66. The van der Waals surface area contributed by atoms with E-state index in [0.29, 0.717) is 22.3 Å². The molecule has 0 unspecified atom stereocenters. The van der Waals surface area contributed by atoms with Gasteiger partial charge in [0.25, 0.3) is 5.91 Å². The summed E-state index contributed by atoms with van der Waals surface area (Å²) in [5, 5.41) is 3.73. The number of nitrogen functional groups attached to an aromatic ring is 1. The summed E-state index contributed by atoms with van der Waals surface area (Å²) < 4.78 is 0. The number of halogens is 2. The molecule has 2 heterocycles. The van der Waals surface area contributed by atoms with Gasteiger partial charge in [0.1, 0.15) is 10.7 Å². The molecule has 22 heavy (non-hydrogen) atoms. The fraction of sp³-hybridized carbons (Fsp3) is 0.357. The molecule has 0 saturated heterocycles. The van der Waals surface area contributed by atoms with E-state index in [1.54, 1.807) is 18.3 Å². The summed E-state index contributed by atoms with van der Waals surface area (Å²) in [7, 11) is 0. The summed E-state index contributed by atoms with van der Waals surface area (Å²) in [4.78, 5) is 21.4. The van der Waals surface area contributed by atoms with Crippen molar-refractivity contribution in [1.82, 2.24) is 9.97 Å². The van der Waals surface area contributed by atoms with E-state index in [4.69, 9.17) is 5.73 Å². The number of carbonyl (C=O) groups excluding carboxylic acids is 1. The van der Waals surface area contributed by atoms with Crippen LogP contribution in [0.15, 0.2) is 18.3 Å². The first-order valence-corrected chi connectivity index (χ1v) is 7.26. The van der Waals surface area contributed by atoms with Gasteiger partial charge in [-0.15, -0.1) is 36.2 Å². The summed E-state index contributed by atoms with van der Waals surface area (Å²) in [6.07, 6.45) is 2.34. The van der Waals surface area contributed by atoms with E-state index in [2.05, 4.69) is 29.1 Å². The van der Waals surface area contributed by atoms with E-state index in [1.807, 2.05) is 6.92 Å². The average Bonchev–Trinajstić information content (AvgIpc) is 2.72. The van der Waals surface area contributed by atoms with E-state index >= 15 is 0 Å². The van der Waals surface area contributed by atoms with Crippen LogP contribution in [0.3, 0.4) is 0 Å². The number of amides is 1. The van der Waals surface area contributed by atoms with Gasteiger partial charge >= 0.3 is 0 Å². The van der Waals surface area contributed by atoms with Gasteiger partial charge in [-0.1, -0.05) is 13.8 Å². The van der Waals surface area contributed by atoms with Crippen molar-refractivity contribution >= 4 is 53.6 Å². The third kappa shape index (κ3) is 5.44. The largest absolute Gasteiger partial charge is 0.384 e. The van der Waals surface area contributed by atoms with Gasteiger partial charge in [0.05, 0.1) is 22.6 Å². The second-order valence-corrected chi connectivity index (χ2v) is 6.24. The molecule has 1 amide bonds. The van der Waals surface area contributed by atoms with Crippen LogP contribution in [0.1, 0.15) is 34.2 Å². The van der Waals surface area contributed by atoms with Gasteiger partial charge in [0, 0.05) is 0 Å². The van der Waals surface area contributed by atoms with E-state index < -0.39 is 0 Å². The Morgan fingerprint density at radius 2 is 2.05 bits per heavy atom. The van der Waals surface area contributed by atoms with Crippen molar-refractivity contribution in [2.75, 3.05) is 11.1 Å². The number of hydrogen-bond acceptors (Lipinski definition) is 5. The number of nitrogens with zero attached hydrogens (tertiary/aromatic N) is 2. The van der Waals surface area contributed by atoms with Crippen LogP contribution in [0.4, 0.5) is 11.5 Å². The van der Waals surface area contributed by atoms with Crippen LogP contribution in [0, 0.1) is 12.8 Å². The Morgan fingerprint density at radius 3 is 2.59 bits per heavy atom. The lowest BCUT2D eigenvalue weighted by molar-refractivity contribution is 0.102. The van der Waals surface area contributed by atoms with Gasteiger partial charge in [-0.05, 0) is 31.4 Å². The summed E-state index contributed by atoms with van der Waals surface area (Å²) >= 11 is 1.42.